The number of carbonyl (C=O) groups excluding carboxylic acids is 1. The number of carbonyl (C=O) groups is 1. The smallest absolute Gasteiger partial charge is 0.322 e. The van der Waals surface area contributed by atoms with Crippen LogP contribution in [0, 0.1) is 5.82 Å². The lowest BCUT2D eigenvalue weighted by Gasteiger charge is -2.52. The number of likely N-dealkylation sites (tertiary alicyclic amines) is 1. The molecular weight excluding hydrogens is 409 g/mol. The van der Waals surface area contributed by atoms with Gasteiger partial charge in [-0.15, -0.1) is 0 Å². The average molecular weight is 440 g/mol. The number of rotatable bonds is 4. The first-order chi connectivity index (χ1) is 14.3. The van der Waals surface area contributed by atoms with Gasteiger partial charge in [-0.3, -0.25) is 0 Å². The molecule has 166 valence electrons. The number of nitrogens with zero attached hydrogens (tertiary/aromatic N) is 2. The molecule has 0 unspecified atom stereocenters. The van der Waals surface area contributed by atoms with Crippen molar-refractivity contribution in [2.45, 2.75) is 49.0 Å². The van der Waals surface area contributed by atoms with E-state index in [9.17, 15) is 17.6 Å². The van der Waals surface area contributed by atoms with E-state index >= 15 is 0 Å². The largest absolute Gasteiger partial charge is 0.369 e. The lowest BCUT2D eigenvalue weighted by Crippen LogP contribution is -2.71. The second kappa shape index (κ2) is 8.43. The van der Waals surface area contributed by atoms with E-state index in [2.05, 4.69) is 10.2 Å². The molecule has 4 rings (SSSR count). The van der Waals surface area contributed by atoms with E-state index in [4.69, 9.17) is 4.74 Å². The van der Waals surface area contributed by atoms with Crippen LogP contribution in [0.25, 0.3) is 0 Å². The normalized spacial score (nSPS) is 25.8. The van der Waals surface area contributed by atoms with E-state index in [0.717, 1.165) is 12.8 Å². The Hall–Kier alpha value is -1.71. The molecule has 0 aromatic heterocycles. The van der Waals surface area contributed by atoms with Gasteiger partial charge in [0.15, 0.2) is 9.84 Å². The van der Waals surface area contributed by atoms with Crippen molar-refractivity contribution in [2.75, 3.05) is 44.4 Å². The highest BCUT2D eigenvalue weighted by molar-refractivity contribution is 7.92. The molecule has 3 fully saturated rings. The van der Waals surface area contributed by atoms with Crippen LogP contribution in [0.5, 0.6) is 0 Å². The van der Waals surface area contributed by atoms with Gasteiger partial charge in [0.1, 0.15) is 11.4 Å². The molecule has 2 aliphatic heterocycles. The van der Waals surface area contributed by atoms with Crippen LogP contribution in [0.15, 0.2) is 24.3 Å². The van der Waals surface area contributed by atoms with Crippen LogP contribution in [0.4, 0.5) is 14.9 Å². The van der Waals surface area contributed by atoms with Gasteiger partial charge in [0.05, 0.1) is 30.7 Å². The molecule has 1 atom stereocenters. The summed E-state index contributed by atoms with van der Waals surface area (Å²) >= 11 is 0. The summed E-state index contributed by atoms with van der Waals surface area (Å²) < 4.78 is 45.2. The van der Waals surface area contributed by atoms with Crippen LogP contribution in [-0.2, 0) is 14.6 Å². The van der Waals surface area contributed by atoms with Crippen LogP contribution in [0.1, 0.15) is 32.1 Å². The minimum Gasteiger partial charge on any atom is -0.369 e. The minimum absolute atomic E-state index is 0.0626. The standard InChI is InChI=1S/C21H30FN3O4S/c1-24(18-8-3-2-4-9-18)11-19-12-29-21(15-30(19,27)28)13-25(14-21)20(26)23-17-7-5-6-16(22)10-17/h5-7,10,18-19H,2-4,8-9,11-15H2,1H3,(H,23,26)/t19-/m0/s1. The van der Waals surface area contributed by atoms with Crippen molar-refractivity contribution < 1.29 is 22.3 Å². The van der Waals surface area contributed by atoms with Gasteiger partial charge in [0.25, 0.3) is 0 Å². The summed E-state index contributed by atoms with van der Waals surface area (Å²) in [5.41, 5.74) is -0.457. The Morgan fingerprint density at radius 3 is 2.70 bits per heavy atom. The van der Waals surface area contributed by atoms with Crippen molar-refractivity contribution >= 4 is 21.6 Å². The van der Waals surface area contributed by atoms with Crippen LogP contribution in [-0.4, -0.2) is 80.2 Å². The summed E-state index contributed by atoms with van der Waals surface area (Å²) in [4.78, 5) is 16.0. The molecular formula is C21H30FN3O4S. The second-order valence-electron chi connectivity index (χ2n) is 8.95. The first kappa shape index (κ1) is 21.5. The van der Waals surface area contributed by atoms with Crippen LogP contribution < -0.4 is 5.32 Å². The maximum absolute atomic E-state index is 13.3. The first-order valence-corrected chi connectivity index (χ1v) is 12.4. The summed E-state index contributed by atoms with van der Waals surface area (Å²) in [5, 5.41) is 2.11. The molecule has 7 nitrogen and oxygen atoms in total. The summed E-state index contributed by atoms with van der Waals surface area (Å²) in [7, 11) is -1.30. The first-order valence-electron chi connectivity index (χ1n) is 10.6. The van der Waals surface area contributed by atoms with E-state index in [-0.39, 0.29) is 31.5 Å². The van der Waals surface area contributed by atoms with Crippen molar-refractivity contribution in [3.8, 4) is 0 Å². The molecule has 1 aliphatic carbocycles. The zero-order valence-electron chi connectivity index (χ0n) is 17.3. The molecule has 3 aliphatic rings. The number of hydrogen-bond donors (Lipinski definition) is 1. The van der Waals surface area contributed by atoms with Crippen LogP contribution in [0.3, 0.4) is 0 Å². The lowest BCUT2D eigenvalue weighted by atomic mass is 9.94. The highest BCUT2D eigenvalue weighted by atomic mass is 32.2. The Labute approximate surface area is 177 Å². The topological polar surface area (TPSA) is 79.0 Å². The number of halogens is 1. The Balaban J connectivity index is 1.30. The molecule has 0 radical (unpaired) electrons. The van der Waals surface area contributed by atoms with Gasteiger partial charge in [-0.05, 0) is 38.1 Å². The number of nitrogens with one attached hydrogen (secondary N) is 1. The molecule has 1 N–H and O–H groups in total. The Morgan fingerprint density at radius 1 is 1.30 bits per heavy atom. The Kier molecular flexibility index (Phi) is 6.05. The molecule has 2 amide bonds. The quantitative estimate of drug-likeness (QED) is 0.780. The van der Waals surface area contributed by atoms with Gasteiger partial charge in [-0.2, -0.15) is 0 Å². The van der Waals surface area contributed by atoms with E-state index in [1.165, 1.54) is 42.4 Å². The van der Waals surface area contributed by atoms with Crippen molar-refractivity contribution in [1.82, 2.24) is 9.80 Å². The predicted octanol–water partition coefficient (Wildman–Crippen LogP) is 2.49. The molecule has 9 heteroatoms. The van der Waals surface area contributed by atoms with Crippen LogP contribution >= 0.6 is 0 Å². The number of benzene rings is 1. The summed E-state index contributed by atoms with van der Waals surface area (Å²) in [6.45, 7) is 1.10. The highest BCUT2D eigenvalue weighted by Gasteiger charge is 2.54. The number of anilines is 1. The molecule has 1 saturated carbocycles. The Bertz CT molecular complexity index is 882. The Morgan fingerprint density at radius 2 is 2.03 bits per heavy atom. The van der Waals surface area contributed by atoms with E-state index in [1.807, 2.05) is 7.05 Å². The van der Waals surface area contributed by atoms with Gasteiger partial charge >= 0.3 is 6.03 Å². The van der Waals surface area contributed by atoms with Crippen molar-refractivity contribution in [1.29, 1.82) is 0 Å². The summed E-state index contributed by atoms with van der Waals surface area (Å²) in [5.74, 6) is -0.494. The van der Waals surface area contributed by atoms with E-state index < -0.39 is 26.5 Å². The predicted molar refractivity (Wildman–Crippen MR) is 113 cm³/mol. The number of hydrogen-bond acceptors (Lipinski definition) is 5. The number of sulfone groups is 1. The van der Waals surface area contributed by atoms with Gasteiger partial charge in [0, 0.05) is 18.3 Å². The fraction of sp³-hybridized carbons (Fsp3) is 0.667. The van der Waals surface area contributed by atoms with Gasteiger partial charge in [0.2, 0.25) is 0 Å². The molecule has 30 heavy (non-hydrogen) atoms. The SMILES string of the molecule is CN(C[C@H]1COC2(CN(C(=O)Nc3cccc(F)c3)C2)CS1(=O)=O)C1CCCCC1. The second-order valence-corrected chi connectivity index (χ2v) is 11.2. The molecule has 1 aromatic carbocycles. The van der Waals surface area contributed by atoms with Crippen molar-refractivity contribution in [3.63, 3.8) is 0 Å². The molecule has 0 bridgehead atoms. The lowest BCUT2D eigenvalue weighted by molar-refractivity contribution is -0.117. The van der Waals surface area contributed by atoms with E-state index in [0.29, 0.717) is 18.3 Å². The van der Waals surface area contributed by atoms with Gasteiger partial charge in [-0.25, -0.2) is 17.6 Å². The monoisotopic (exact) mass is 439 g/mol. The summed E-state index contributed by atoms with van der Waals surface area (Å²) in [6, 6.07) is 5.73. The summed E-state index contributed by atoms with van der Waals surface area (Å²) in [6.07, 6.45) is 5.94. The maximum Gasteiger partial charge on any atom is 0.322 e. The molecule has 2 heterocycles. The molecule has 1 aromatic rings. The van der Waals surface area contributed by atoms with Crippen molar-refractivity contribution in [3.05, 3.63) is 30.1 Å². The molecule has 1 spiro atoms. The van der Waals surface area contributed by atoms with Crippen LogP contribution in [0.2, 0.25) is 0 Å². The third kappa shape index (κ3) is 4.63. The average Bonchev–Trinajstić information content (AvgIpc) is 2.68. The number of ether oxygens (including phenoxy) is 1. The van der Waals surface area contributed by atoms with Gasteiger partial charge < -0.3 is 19.9 Å². The maximum atomic E-state index is 13.3. The third-order valence-electron chi connectivity index (χ3n) is 6.56. The highest BCUT2D eigenvalue weighted by Crippen LogP contribution is 2.33. The molecule has 2 saturated heterocycles. The van der Waals surface area contributed by atoms with E-state index in [1.54, 1.807) is 6.07 Å². The fourth-order valence-corrected chi connectivity index (χ4v) is 6.77. The minimum atomic E-state index is -3.31. The number of amides is 2. The zero-order valence-corrected chi connectivity index (χ0v) is 18.2. The third-order valence-corrected chi connectivity index (χ3v) is 8.79. The van der Waals surface area contributed by atoms with Crippen molar-refractivity contribution in [2.24, 2.45) is 0 Å². The zero-order chi connectivity index (χ0) is 21.4. The fourth-order valence-electron chi connectivity index (χ4n) is 4.80. The number of urea groups is 1. The van der Waals surface area contributed by atoms with Gasteiger partial charge in [-0.1, -0.05) is 25.3 Å².